The van der Waals surface area contributed by atoms with Crippen molar-refractivity contribution >= 4 is 18.0 Å². The van der Waals surface area contributed by atoms with E-state index in [0.717, 1.165) is 6.42 Å². The fourth-order valence-corrected chi connectivity index (χ4v) is 2.24. The molecule has 0 saturated heterocycles. The molecule has 2 amide bonds. The molecule has 3 N–H and O–H groups in total. The summed E-state index contributed by atoms with van der Waals surface area (Å²) >= 11 is 0. The highest BCUT2D eigenvalue weighted by Gasteiger charge is 2.34. The molecule has 0 aliphatic heterocycles. The number of carbonyl (C=O) groups excluding carboxylic acids is 2. The van der Waals surface area contributed by atoms with Gasteiger partial charge in [0.1, 0.15) is 0 Å². The molecule has 0 aromatic rings. The first-order chi connectivity index (χ1) is 7.16. The lowest BCUT2D eigenvalue weighted by atomic mass is 9.95. The molecule has 1 fully saturated rings. The van der Waals surface area contributed by atoms with Crippen LogP contribution in [0.15, 0.2) is 17.3 Å². The number of nitrogens with two attached hydrogens (primary N) is 1. The summed E-state index contributed by atoms with van der Waals surface area (Å²) in [5.74, 6) is -0.291. The van der Waals surface area contributed by atoms with Crippen molar-refractivity contribution in [1.29, 1.82) is 0 Å². The van der Waals surface area contributed by atoms with Crippen LogP contribution < -0.4 is 11.2 Å². The van der Waals surface area contributed by atoms with Gasteiger partial charge in [0.2, 0.25) is 0 Å². The molecule has 15 heavy (non-hydrogen) atoms. The largest absolute Gasteiger partial charge is 0.361 e. The number of fused-ring (bicyclic) bond motifs is 2. The van der Waals surface area contributed by atoms with E-state index < -0.39 is 11.8 Å². The second-order valence-electron chi connectivity index (χ2n) is 4.03. The van der Waals surface area contributed by atoms with Gasteiger partial charge in [-0.05, 0) is 24.7 Å². The van der Waals surface area contributed by atoms with Crippen LogP contribution in [-0.4, -0.2) is 18.0 Å². The molecule has 0 spiro atoms. The van der Waals surface area contributed by atoms with Crippen LogP contribution in [0.2, 0.25) is 0 Å². The van der Waals surface area contributed by atoms with Gasteiger partial charge in [-0.2, -0.15) is 5.10 Å². The molecule has 3 atom stereocenters. The maximum atomic E-state index is 10.8. The van der Waals surface area contributed by atoms with Crippen molar-refractivity contribution in [2.75, 3.05) is 0 Å². The minimum absolute atomic E-state index is 0.383. The molecule has 0 aromatic heterocycles. The molecule has 0 radical (unpaired) electrons. The number of allylic oxidation sites excluding steroid dienone is 2. The monoisotopic (exact) mass is 207 g/mol. The van der Waals surface area contributed by atoms with Crippen LogP contribution in [0.4, 0.5) is 0 Å². The zero-order valence-corrected chi connectivity index (χ0v) is 8.22. The molecule has 0 unspecified atom stereocenters. The van der Waals surface area contributed by atoms with E-state index in [2.05, 4.69) is 22.7 Å². The van der Waals surface area contributed by atoms with E-state index in [4.69, 9.17) is 5.73 Å². The maximum absolute atomic E-state index is 10.8. The highest BCUT2D eigenvalue weighted by atomic mass is 16.2. The highest BCUT2D eigenvalue weighted by molar-refractivity contribution is 6.34. The first-order valence-electron chi connectivity index (χ1n) is 4.98. The number of amides is 2. The molecule has 5 heteroatoms. The molecule has 80 valence electrons. The summed E-state index contributed by atoms with van der Waals surface area (Å²) in [7, 11) is 0. The van der Waals surface area contributed by atoms with Gasteiger partial charge in [0.25, 0.3) is 0 Å². The van der Waals surface area contributed by atoms with Crippen molar-refractivity contribution in [2.45, 2.75) is 12.8 Å². The van der Waals surface area contributed by atoms with E-state index >= 15 is 0 Å². The Morgan fingerprint density at radius 1 is 1.40 bits per heavy atom. The summed E-state index contributed by atoms with van der Waals surface area (Å²) in [4.78, 5) is 21.1. The van der Waals surface area contributed by atoms with Crippen molar-refractivity contribution in [3.05, 3.63) is 12.2 Å². The Morgan fingerprint density at radius 2 is 2.20 bits per heavy atom. The average molecular weight is 207 g/mol. The summed E-state index contributed by atoms with van der Waals surface area (Å²) in [5.41, 5.74) is 6.86. The van der Waals surface area contributed by atoms with Gasteiger partial charge in [0.15, 0.2) is 0 Å². The van der Waals surface area contributed by atoms with Gasteiger partial charge in [-0.3, -0.25) is 9.59 Å². The highest BCUT2D eigenvalue weighted by Crippen LogP contribution is 2.42. The molecular weight excluding hydrogens is 194 g/mol. The number of hydrazone groups is 1. The van der Waals surface area contributed by atoms with Gasteiger partial charge in [0.05, 0.1) is 0 Å². The molecular formula is C10H13N3O2. The third-order valence-corrected chi connectivity index (χ3v) is 2.99. The smallest absolute Gasteiger partial charge is 0.329 e. The Hall–Kier alpha value is -1.65. The van der Waals surface area contributed by atoms with E-state index in [9.17, 15) is 9.59 Å². The molecule has 0 aromatic carbocycles. The Morgan fingerprint density at radius 3 is 2.73 bits per heavy atom. The first kappa shape index (κ1) is 9.89. The van der Waals surface area contributed by atoms with Crippen LogP contribution in [0.1, 0.15) is 12.8 Å². The van der Waals surface area contributed by atoms with E-state index in [0.29, 0.717) is 17.8 Å². The number of carbonyl (C=O) groups is 2. The van der Waals surface area contributed by atoms with Crippen molar-refractivity contribution in [1.82, 2.24) is 5.43 Å². The fraction of sp³-hybridized carbons (Fsp3) is 0.500. The standard InChI is InChI=1S/C10H13N3O2/c11-9(14)10(15)13-12-5-8-4-6-1-2-7(8)3-6/h1-2,5-8H,3-4H2,(H2,11,14)(H,13,15)/b12-5-/t6-,7-,8+/m0/s1. The molecule has 2 bridgehead atoms. The second-order valence-corrected chi connectivity index (χ2v) is 4.03. The topological polar surface area (TPSA) is 84.5 Å². The summed E-state index contributed by atoms with van der Waals surface area (Å²) < 4.78 is 0. The summed E-state index contributed by atoms with van der Waals surface area (Å²) in [6.45, 7) is 0. The predicted molar refractivity (Wildman–Crippen MR) is 54.7 cm³/mol. The summed E-state index contributed by atoms with van der Waals surface area (Å²) in [5, 5.41) is 3.73. The third kappa shape index (κ3) is 2.06. The van der Waals surface area contributed by atoms with Crippen molar-refractivity contribution in [3.8, 4) is 0 Å². The Labute approximate surface area is 87.4 Å². The van der Waals surface area contributed by atoms with Crippen molar-refractivity contribution in [2.24, 2.45) is 28.6 Å². The van der Waals surface area contributed by atoms with Gasteiger partial charge >= 0.3 is 11.8 Å². The SMILES string of the molecule is NC(=O)C(=O)N/N=C\[C@H]1C[C@H]2C=C[C@H]1C2. The molecule has 5 nitrogen and oxygen atoms in total. The lowest BCUT2D eigenvalue weighted by Gasteiger charge is -2.11. The van der Waals surface area contributed by atoms with Crippen LogP contribution in [0, 0.1) is 17.8 Å². The van der Waals surface area contributed by atoms with E-state index in [1.165, 1.54) is 6.42 Å². The first-order valence-corrected chi connectivity index (χ1v) is 4.98. The van der Waals surface area contributed by atoms with Crippen LogP contribution in [-0.2, 0) is 9.59 Å². The van der Waals surface area contributed by atoms with Crippen LogP contribution in [0.3, 0.4) is 0 Å². The van der Waals surface area contributed by atoms with Crippen LogP contribution in [0.5, 0.6) is 0 Å². The Balaban J connectivity index is 1.83. The van der Waals surface area contributed by atoms with Gasteiger partial charge in [-0.15, -0.1) is 0 Å². The molecule has 2 aliphatic carbocycles. The van der Waals surface area contributed by atoms with Crippen molar-refractivity contribution < 1.29 is 9.59 Å². The predicted octanol–water partition coefficient (Wildman–Crippen LogP) is -0.214. The van der Waals surface area contributed by atoms with E-state index in [1.807, 2.05) is 0 Å². The van der Waals surface area contributed by atoms with Crippen molar-refractivity contribution in [3.63, 3.8) is 0 Å². The van der Waals surface area contributed by atoms with Gasteiger partial charge in [-0.25, -0.2) is 5.43 Å². The zero-order valence-electron chi connectivity index (χ0n) is 8.22. The molecule has 0 heterocycles. The van der Waals surface area contributed by atoms with Crippen LogP contribution >= 0.6 is 0 Å². The minimum atomic E-state index is -1.01. The third-order valence-electron chi connectivity index (χ3n) is 2.99. The number of hydrogen-bond donors (Lipinski definition) is 2. The zero-order chi connectivity index (χ0) is 10.8. The van der Waals surface area contributed by atoms with E-state index in [-0.39, 0.29) is 0 Å². The summed E-state index contributed by atoms with van der Waals surface area (Å²) in [6.07, 6.45) is 8.39. The van der Waals surface area contributed by atoms with Gasteiger partial charge < -0.3 is 5.73 Å². The van der Waals surface area contributed by atoms with E-state index in [1.54, 1.807) is 6.21 Å². The number of primary amides is 1. The maximum Gasteiger partial charge on any atom is 0.329 e. The number of rotatable bonds is 2. The number of hydrogen-bond acceptors (Lipinski definition) is 3. The molecule has 2 rings (SSSR count). The Bertz CT molecular complexity index is 349. The average Bonchev–Trinajstić information content (AvgIpc) is 2.78. The lowest BCUT2D eigenvalue weighted by molar-refractivity contribution is -0.137. The molecule has 1 saturated carbocycles. The van der Waals surface area contributed by atoms with Gasteiger partial charge in [0, 0.05) is 12.1 Å². The molecule has 2 aliphatic rings. The fourth-order valence-electron chi connectivity index (χ4n) is 2.24. The second kappa shape index (κ2) is 3.84. The van der Waals surface area contributed by atoms with Crippen LogP contribution in [0.25, 0.3) is 0 Å². The lowest BCUT2D eigenvalue weighted by Crippen LogP contribution is -2.33. The minimum Gasteiger partial charge on any atom is -0.361 e. The normalized spacial score (nSPS) is 32.4. The van der Waals surface area contributed by atoms with Gasteiger partial charge in [-0.1, -0.05) is 12.2 Å². The number of nitrogens with one attached hydrogen (secondary N) is 1. The quantitative estimate of drug-likeness (QED) is 0.284. The number of nitrogens with zero attached hydrogens (tertiary/aromatic N) is 1. The Kier molecular flexibility index (Phi) is 2.53. The summed E-state index contributed by atoms with van der Waals surface area (Å²) in [6, 6.07) is 0.